The summed E-state index contributed by atoms with van der Waals surface area (Å²) in [5, 5.41) is 3.43. The van der Waals surface area contributed by atoms with Gasteiger partial charge in [0.15, 0.2) is 0 Å². The summed E-state index contributed by atoms with van der Waals surface area (Å²) in [5.41, 5.74) is 0.148. The van der Waals surface area contributed by atoms with Gasteiger partial charge in [0.2, 0.25) is 0 Å². The zero-order valence-electron chi connectivity index (χ0n) is 7.53. The summed E-state index contributed by atoms with van der Waals surface area (Å²) in [5.74, 6) is 0. The first-order valence-electron chi connectivity index (χ1n) is 4.28. The molecule has 0 aromatic carbocycles. The number of halogens is 1. The standard InChI is InChI=1S/C9H16BrNO/c1-8(10)6-11-9(2)4-3-5-12-7-9/h11H,1,3-7H2,2H3. The highest BCUT2D eigenvalue weighted by Crippen LogP contribution is 2.18. The van der Waals surface area contributed by atoms with Crippen LogP contribution in [0.25, 0.3) is 0 Å². The third-order valence-electron chi connectivity index (χ3n) is 2.14. The predicted octanol–water partition coefficient (Wildman–Crippen LogP) is 2.05. The molecule has 0 bridgehead atoms. The van der Waals surface area contributed by atoms with Gasteiger partial charge in [0.05, 0.1) is 6.61 Å². The lowest BCUT2D eigenvalue weighted by Gasteiger charge is -2.34. The molecule has 0 radical (unpaired) electrons. The number of hydrogen-bond acceptors (Lipinski definition) is 2. The molecule has 1 rings (SSSR count). The van der Waals surface area contributed by atoms with Gasteiger partial charge in [0.25, 0.3) is 0 Å². The second kappa shape index (κ2) is 4.40. The van der Waals surface area contributed by atoms with Gasteiger partial charge in [-0.1, -0.05) is 22.5 Å². The highest BCUT2D eigenvalue weighted by molar-refractivity contribution is 9.11. The molecule has 0 spiro atoms. The first-order chi connectivity index (χ1) is 5.62. The summed E-state index contributed by atoms with van der Waals surface area (Å²) >= 11 is 3.33. The molecule has 1 saturated heterocycles. The quantitative estimate of drug-likeness (QED) is 0.806. The molecule has 1 atom stereocenters. The molecule has 0 saturated carbocycles. The molecule has 0 aliphatic carbocycles. The van der Waals surface area contributed by atoms with Crippen molar-refractivity contribution in [2.24, 2.45) is 0 Å². The molecule has 2 nitrogen and oxygen atoms in total. The van der Waals surface area contributed by atoms with Crippen molar-refractivity contribution in [3.8, 4) is 0 Å². The van der Waals surface area contributed by atoms with Crippen molar-refractivity contribution >= 4 is 15.9 Å². The molecule has 1 fully saturated rings. The van der Waals surface area contributed by atoms with Crippen LogP contribution in [-0.4, -0.2) is 25.3 Å². The normalized spacial score (nSPS) is 30.2. The Bertz CT molecular complexity index is 164. The summed E-state index contributed by atoms with van der Waals surface area (Å²) in [6.07, 6.45) is 2.34. The van der Waals surface area contributed by atoms with Gasteiger partial charge in [-0.15, -0.1) is 0 Å². The Balaban J connectivity index is 2.31. The van der Waals surface area contributed by atoms with Crippen molar-refractivity contribution in [3.63, 3.8) is 0 Å². The molecule has 12 heavy (non-hydrogen) atoms. The summed E-state index contributed by atoms with van der Waals surface area (Å²) in [4.78, 5) is 0. The van der Waals surface area contributed by atoms with Crippen molar-refractivity contribution < 1.29 is 4.74 Å². The van der Waals surface area contributed by atoms with Crippen LogP contribution in [0.2, 0.25) is 0 Å². The minimum absolute atomic E-state index is 0.148. The van der Waals surface area contributed by atoms with E-state index in [1.807, 2.05) is 0 Å². The summed E-state index contributed by atoms with van der Waals surface area (Å²) in [6.45, 7) is 8.52. The van der Waals surface area contributed by atoms with E-state index in [-0.39, 0.29) is 5.54 Å². The number of hydrogen-bond donors (Lipinski definition) is 1. The number of nitrogens with one attached hydrogen (secondary N) is 1. The van der Waals surface area contributed by atoms with Crippen LogP contribution in [0, 0.1) is 0 Å². The lowest BCUT2D eigenvalue weighted by Crippen LogP contribution is -2.49. The molecule has 0 amide bonds. The van der Waals surface area contributed by atoms with Gasteiger partial charge < -0.3 is 10.1 Å². The number of ether oxygens (including phenoxy) is 1. The highest BCUT2D eigenvalue weighted by atomic mass is 79.9. The molecule has 0 aromatic rings. The summed E-state index contributed by atoms with van der Waals surface area (Å²) in [7, 11) is 0. The van der Waals surface area contributed by atoms with E-state index in [1.165, 1.54) is 6.42 Å². The van der Waals surface area contributed by atoms with E-state index in [1.54, 1.807) is 0 Å². The topological polar surface area (TPSA) is 21.3 Å². The predicted molar refractivity (Wildman–Crippen MR) is 54.5 cm³/mol. The molecule has 70 valence electrons. The third kappa shape index (κ3) is 3.25. The van der Waals surface area contributed by atoms with Gasteiger partial charge in [0.1, 0.15) is 0 Å². The first kappa shape index (κ1) is 10.2. The van der Waals surface area contributed by atoms with Crippen molar-refractivity contribution in [3.05, 3.63) is 11.1 Å². The molecule has 1 N–H and O–H groups in total. The van der Waals surface area contributed by atoms with Crippen LogP contribution in [-0.2, 0) is 4.74 Å². The Morgan fingerprint density at radius 3 is 3.00 bits per heavy atom. The highest BCUT2D eigenvalue weighted by Gasteiger charge is 2.26. The molecule has 0 aromatic heterocycles. The molecular weight excluding hydrogens is 218 g/mol. The van der Waals surface area contributed by atoms with Crippen molar-refractivity contribution in [2.75, 3.05) is 19.8 Å². The average Bonchev–Trinajstić information content (AvgIpc) is 2.03. The first-order valence-corrected chi connectivity index (χ1v) is 5.08. The van der Waals surface area contributed by atoms with Crippen LogP contribution in [0.1, 0.15) is 19.8 Å². The van der Waals surface area contributed by atoms with Crippen molar-refractivity contribution in [2.45, 2.75) is 25.3 Å². The molecular formula is C9H16BrNO. The fourth-order valence-electron chi connectivity index (χ4n) is 1.38. The van der Waals surface area contributed by atoms with Gasteiger partial charge in [-0.3, -0.25) is 0 Å². The van der Waals surface area contributed by atoms with E-state index in [2.05, 4.69) is 34.7 Å². The van der Waals surface area contributed by atoms with E-state index < -0.39 is 0 Å². The van der Waals surface area contributed by atoms with E-state index in [0.717, 1.165) is 30.7 Å². The van der Waals surface area contributed by atoms with E-state index >= 15 is 0 Å². The Morgan fingerprint density at radius 1 is 1.75 bits per heavy atom. The number of rotatable bonds is 3. The third-order valence-corrected chi connectivity index (χ3v) is 2.43. The molecule has 1 unspecified atom stereocenters. The van der Waals surface area contributed by atoms with E-state index in [0.29, 0.717) is 0 Å². The van der Waals surface area contributed by atoms with Gasteiger partial charge in [-0.25, -0.2) is 0 Å². The van der Waals surface area contributed by atoms with Gasteiger partial charge in [-0.05, 0) is 19.8 Å². The fraction of sp³-hybridized carbons (Fsp3) is 0.778. The Hall–Kier alpha value is 0.140. The lowest BCUT2D eigenvalue weighted by atomic mass is 9.95. The Morgan fingerprint density at radius 2 is 2.50 bits per heavy atom. The Labute approximate surface area is 82.5 Å². The van der Waals surface area contributed by atoms with Crippen molar-refractivity contribution in [1.82, 2.24) is 5.32 Å². The van der Waals surface area contributed by atoms with E-state index in [9.17, 15) is 0 Å². The monoisotopic (exact) mass is 233 g/mol. The van der Waals surface area contributed by atoms with Crippen LogP contribution in [0.5, 0.6) is 0 Å². The van der Waals surface area contributed by atoms with Crippen LogP contribution in [0.15, 0.2) is 11.1 Å². The maximum atomic E-state index is 5.41. The molecule has 1 aliphatic rings. The van der Waals surface area contributed by atoms with Crippen LogP contribution in [0.3, 0.4) is 0 Å². The molecule has 1 heterocycles. The van der Waals surface area contributed by atoms with Crippen LogP contribution >= 0.6 is 15.9 Å². The summed E-state index contributed by atoms with van der Waals surface area (Å²) < 4.78 is 6.40. The smallest absolute Gasteiger partial charge is 0.0645 e. The van der Waals surface area contributed by atoms with Crippen molar-refractivity contribution in [1.29, 1.82) is 0 Å². The van der Waals surface area contributed by atoms with Crippen LogP contribution < -0.4 is 5.32 Å². The van der Waals surface area contributed by atoms with Crippen LogP contribution in [0.4, 0.5) is 0 Å². The fourth-order valence-corrected chi connectivity index (χ4v) is 1.52. The minimum atomic E-state index is 0.148. The largest absolute Gasteiger partial charge is 0.380 e. The molecule has 3 heteroatoms. The summed E-state index contributed by atoms with van der Waals surface area (Å²) in [6, 6.07) is 0. The second-order valence-electron chi connectivity index (χ2n) is 3.59. The average molecular weight is 234 g/mol. The van der Waals surface area contributed by atoms with Gasteiger partial charge in [0, 0.05) is 23.2 Å². The second-order valence-corrected chi connectivity index (χ2v) is 4.71. The minimum Gasteiger partial charge on any atom is -0.380 e. The maximum absolute atomic E-state index is 5.41. The van der Waals surface area contributed by atoms with Gasteiger partial charge >= 0.3 is 0 Å². The molecule has 1 aliphatic heterocycles. The van der Waals surface area contributed by atoms with Gasteiger partial charge in [-0.2, -0.15) is 0 Å². The zero-order valence-corrected chi connectivity index (χ0v) is 9.11. The maximum Gasteiger partial charge on any atom is 0.0645 e. The lowest BCUT2D eigenvalue weighted by molar-refractivity contribution is 0.0302. The zero-order chi connectivity index (χ0) is 9.03. The van der Waals surface area contributed by atoms with E-state index in [4.69, 9.17) is 4.74 Å². The Kier molecular flexibility index (Phi) is 3.75. The SMILES string of the molecule is C=C(Br)CNC1(C)CCCOC1.